The van der Waals surface area contributed by atoms with E-state index in [0.717, 1.165) is 36.5 Å². The Kier molecular flexibility index (Phi) is 6.50. The molecular weight excluding hydrogens is 268 g/mol. The molecule has 0 bridgehead atoms. The van der Waals surface area contributed by atoms with Crippen molar-refractivity contribution in [3.8, 4) is 0 Å². The Hall–Kier alpha value is -0.570. The minimum Gasteiger partial charge on any atom is -0.326 e. The van der Waals surface area contributed by atoms with Crippen molar-refractivity contribution in [2.75, 3.05) is 13.1 Å². The number of benzene rings is 1. The summed E-state index contributed by atoms with van der Waals surface area (Å²) < 4.78 is 0. The van der Waals surface area contributed by atoms with E-state index in [-0.39, 0.29) is 11.6 Å². The summed E-state index contributed by atoms with van der Waals surface area (Å²) in [6.07, 6.45) is 1.86. The highest BCUT2D eigenvalue weighted by atomic mass is 35.5. The highest BCUT2D eigenvalue weighted by Crippen LogP contribution is 2.27. The van der Waals surface area contributed by atoms with E-state index in [9.17, 15) is 0 Å². The quantitative estimate of drug-likeness (QED) is 0.823. The minimum atomic E-state index is 0.0116. The van der Waals surface area contributed by atoms with Crippen LogP contribution in [0, 0.1) is 6.92 Å². The fourth-order valence-corrected chi connectivity index (χ4v) is 3.25. The fourth-order valence-electron chi connectivity index (χ4n) is 2.94. The summed E-state index contributed by atoms with van der Waals surface area (Å²) in [7, 11) is 0. The number of nitrogens with zero attached hydrogens (tertiary/aromatic N) is 1. The first kappa shape index (κ1) is 17.5. The van der Waals surface area contributed by atoms with Crippen molar-refractivity contribution in [1.82, 2.24) is 4.90 Å². The molecule has 0 fully saturated rings. The summed E-state index contributed by atoms with van der Waals surface area (Å²) >= 11 is 6.35. The molecule has 0 radical (unpaired) electrons. The third kappa shape index (κ3) is 3.75. The van der Waals surface area contributed by atoms with Crippen LogP contribution in [-0.2, 0) is 6.42 Å². The number of nitrogens with two attached hydrogens (primary N) is 1. The predicted octanol–water partition coefficient (Wildman–Crippen LogP) is 4.03. The maximum absolute atomic E-state index is 6.55. The average Bonchev–Trinajstić information content (AvgIpc) is 2.42. The minimum absolute atomic E-state index is 0.0116. The number of rotatable bonds is 7. The van der Waals surface area contributed by atoms with E-state index in [1.165, 1.54) is 5.56 Å². The molecule has 20 heavy (non-hydrogen) atoms. The molecule has 0 heterocycles. The number of hydrogen-bond acceptors (Lipinski definition) is 2. The lowest BCUT2D eigenvalue weighted by Gasteiger charge is -2.44. The largest absolute Gasteiger partial charge is 0.326 e. The van der Waals surface area contributed by atoms with Crippen LogP contribution in [0.1, 0.15) is 45.2 Å². The standard InChI is InChI=1S/C17H29ClN2/c1-6-17(5,20(7-2)8-3)16(19)12-14-10-9-13(4)11-15(14)18/h9-11,16H,6-8,12,19H2,1-5H3. The molecular formula is C17H29ClN2. The monoisotopic (exact) mass is 296 g/mol. The van der Waals surface area contributed by atoms with Crippen LogP contribution in [0.25, 0.3) is 0 Å². The molecule has 0 aliphatic heterocycles. The van der Waals surface area contributed by atoms with E-state index in [4.69, 9.17) is 17.3 Å². The Balaban J connectivity index is 2.94. The van der Waals surface area contributed by atoms with Gasteiger partial charge >= 0.3 is 0 Å². The number of hydrogen-bond donors (Lipinski definition) is 1. The average molecular weight is 297 g/mol. The molecule has 0 aliphatic carbocycles. The van der Waals surface area contributed by atoms with Gasteiger partial charge < -0.3 is 5.73 Å². The van der Waals surface area contributed by atoms with Crippen LogP contribution in [0.5, 0.6) is 0 Å². The van der Waals surface area contributed by atoms with Gasteiger partial charge in [-0.15, -0.1) is 0 Å². The molecule has 2 atom stereocenters. The van der Waals surface area contributed by atoms with Crippen molar-refractivity contribution in [2.45, 2.75) is 59.0 Å². The van der Waals surface area contributed by atoms with Crippen molar-refractivity contribution in [1.29, 1.82) is 0 Å². The lowest BCUT2D eigenvalue weighted by atomic mass is 9.84. The lowest BCUT2D eigenvalue weighted by Crippen LogP contribution is -2.58. The van der Waals surface area contributed by atoms with E-state index in [1.807, 2.05) is 6.07 Å². The molecule has 2 nitrogen and oxygen atoms in total. The Morgan fingerprint density at radius 1 is 1.25 bits per heavy atom. The maximum Gasteiger partial charge on any atom is 0.0441 e. The van der Waals surface area contributed by atoms with Gasteiger partial charge in [0.15, 0.2) is 0 Å². The van der Waals surface area contributed by atoms with Crippen LogP contribution in [0.3, 0.4) is 0 Å². The summed E-state index contributed by atoms with van der Waals surface area (Å²) in [6.45, 7) is 13.0. The van der Waals surface area contributed by atoms with E-state index in [2.05, 4.69) is 51.7 Å². The van der Waals surface area contributed by atoms with Crippen LogP contribution in [0.15, 0.2) is 18.2 Å². The van der Waals surface area contributed by atoms with Gasteiger partial charge in [-0.05, 0) is 57.0 Å². The first-order valence-corrected chi connectivity index (χ1v) is 8.02. The third-order valence-electron chi connectivity index (χ3n) is 4.65. The second-order valence-corrected chi connectivity index (χ2v) is 6.20. The topological polar surface area (TPSA) is 29.3 Å². The van der Waals surface area contributed by atoms with Gasteiger partial charge in [0.05, 0.1) is 0 Å². The number of halogens is 1. The SMILES string of the molecule is CCN(CC)C(C)(CC)C(N)Cc1ccc(C)cc1Cl. The van der Waals surface area contributed by atoms with Gasteiger partial charge in [0.1, 0.15) is 0 Å². The van der Waals surface area contributed by atoms with Crippen LogP contribution in [0.4, 0.5) is 0 Å². The van der Waals surface area contributed by atoms with Gasteiger partial charge in [-0.1, -0.05) is 44.5 Å². The van der Waals surface area contributed by atoms with Crippen LogP contribution in [-0.4, -0.2) is 29.6 Å². The van der Waals surface area contributed by atoms with Gasteiger partial charge in [0.2, 0.25) is 0 Å². The molecule has 1 aromatic carbocycles. The predicted molar refractivity (Wildman–Crippen MR) is 89.5 cm³/mol. The van der Waals surface area contributed by atoms with Crippen molar-refractivity contribution in [3.05, 3.63) is 34.3 Å². The molecule has 0 aliphatic rings. The Bertz CT molecular complexity index is 429. The van der Waals surface area contributed by atoms with Crippen LogP contribution < -0.4 is 5.73 Å². The number of aryl methyl sites for hydroxylation is 1. The Morgan fingerprint density at radius 3 is 2.30 bits per heavy atom. The molecule has 0 saturated heterocycles. The van der Waals surface area contributed by atoms with Crippen LogP contribution in [0.2, 0.25) is 5.02 Å². The van der Waals surface area contributed by atoms with Gasteiger partial charge in [-0.25, -0.2) is 0 Å². The normalized spacial score (nSPS) is 16.2. The van der Waals surface area contributed by atoms with E-state index >= 15 is 0 Å². The second-order valence-electron chi connectivity index (χ2n) is 5.79. The van der Waals surface area contributed by atoms with E-state index in [1.54, 1.807) is 0 Å². The van der Waals surface area contributed by atoms with Gasteiger partial charge in [0, 0.05) is 16.6 Å². The van der Waals surface area contributed by atoms with Gasteiger partial charge in [-0.3, -0.25) is 4.90 Å². The summed E-state index contributed by atoms with van der Waals surface area (Å²) in [5.41, 5.74) is 8.90. The highest BCUT2D eigenvalue weighted by molar-refractivity contribution is 6.31. The zero-order chi connectivity index (χ0) is 15.3. The van der Waals surface area contributed by atoms with Crippen molar-refractivity contribution in [2.24, 2.45) is 5.73 Å². The Labute approximate surface area is 129 Å². The second kappa shape index (κ2) is 7.44. The molecule has 0 aromatic heterocycles. The molecule has 114 valence electrons. The van der Waals surface area contributed by atoms with Gasteiger partial charge in [0.25, 0.3) is 0 Å². The van der Waals surface area contributed by atoms with Crippen molar-refractivity contribution >= 4 is 11.6 Å². The highest BCUT2D eigenvalue weighted by Gasteiger charge is 2.34. The molecule has 2 unspecified atom stereocenters. The molecule has 0 amide bonds. The molecule has 0 saturated carbocycles. The Morgan fingerprint density at radius 2 is 1.85 bits per heavy atom. The molecule has 0 spiro atoms. The zero-order valence-corrected chi connectivity index (χ0v) is 14.3. The first-order chi connectivity index (χ1) is 9.38. The third-order valence-corrected chi connectivity index (χ3v) is 5.00. The fraction of sp³-hybridized carbons (Fsp3) is 0.647. The zero-order valence-electron chi connectivity index (χ0n) is 13.5. The summed E-state index contributed by atoms with van der Waals surface area (Å²) in [6, 6.07) is 6.31. The van der Waals surface area contributed by atoms with E-state index < -0.39 is 0 Å². The summed E-state index contributed by atoms with van der Waals surface area (Å²) in [5, 5.41) is 0.832. The lowest BCUT2D eigenvalue weighted by molar-refractivity contribution is 0.0845. The molecule has 1 aromatic rings. The molecule has 1 rings (SSSR count). The molecule has 3 heteroatoms. The number of likely N-dealkylation sites (N-methyl/N-ethyl adjacent to an activating group) is 1. The van der Waals surface area contributed by atoms with Gasteiger partial charge in [-0.2, -0.15) is 0 Å². The maximum atomic E-state index is 6.55. The summed E-state index contributed by atoms with van der Waals surface area (Å²) in [4.78, 5) is 2.46. The first-order valence-electron chi connectivity index (χ1n) is 7.64. The summed E-state index contributed by atoms with van der Waals surface area (Å²) in [5.74, 6) is 0. The van der Waals surface area contributed by atoms with Crippen molar-refractivity contribution < 1.29 is 0 Å². The van der Waals surface area contributed by atoms with Crippen molar-refractivity contribution in [3.63, 3.8) is 0 Å². The van der Waals surface area contributed by atoms with Crippen LogP contribution >= 0.6 is 11.6 Å². The van der Waals surface area contributed by atoms with E-state index in [0.29, 0.717) is 0 Å². The smallest absolute Gasteiger partial charge is 0.0441 e. The molecule has 2 N–H and O–H groups in total.